The van der Waals surface area contributed by atoms with Gasteiger partial charge in [0.15, 0.2) is 5.58 Å². The van der Waals surface area contributed by atoms with Gasteiger partial charge in [-0.05, 0) is 32.5 Å². The molecule has 0 atom stereocenters. The molecule has 1 heterocycles. The van der Waals surface area contributed by atoms with Gasteiger partial charge in [0.05, 0.1) is 5.54 Å². The van der Waals surface area contributed by atoms with Crippen molar-refractivity contribution in [1.82, 2.24) is 10.3 Å². The van der Waals surface area contributed by atoms with Gasteiger partial charge in [0.25, 0.3) is 0 Å². The van der Waals surface area contributed by atoms with Gasteiger partial charge in [0, 0.05) is 6.07 Å². The first kappa shape index (κ1) is 11.1. The van der Waals surface area contributed by atoms with Crippen molar-refractivity contribution >= 4 is 11.1 Å². The molecule has 0 aliphatic heterocycles. The quantitative estimate of drug-likeness (QED) is 0.867. The normalized spacial score (nSPS) is 12.2. The maximum absolute atomic E-state index is 13.0. The molecule has 0 saturated heterocycles. The molecule has 86 valence electrons. The van der Waals surface area contributed by atoms with Crippen molar-refractivity contribution in [3.8, 4) is 0 Å². The fourth-order valence-corrected chi connectivity index (χ4v) is 1.68. The van der Waals surface area contributed by atoms with Gasteiger partial charge in [-0.2, -0.15) is 0 Å². The van der Waals surface area contributed by atoms with E-state index in [0.29, 0.717) is 17.0 Å². The van der Waals surface area contributed by atoms with E-state index in [9.17, 15) is 4.39 Å². The molecule has 16 heavy (non-hydrogen) atoms. The van der Waals surface area contributed by atoms with E-state index < -0.39 is 0 Å². The lowest BCUT2D eigenvalue weighted by Gasteiger charge is -2.21. The summed E-state index contributed by atoms with van der Waals surface area (Å²) in [5.74, 6) is 0.270. The summed E-state index contributed by atoms with van der Waals surface area (Å²) in [5.41, 5.74) is 0.827. The molecule has 1 aromatic carbocycles. The second-order valence-corrected chi connectivity index (χ2v) is 4.29. The summed E-state index contributed by atoms with van der Waals surface area (Å²) in [4.78, 5) is 4.35. The summed E-state index contributed by atoms with van der Waals surface area (Å²) in [7, 11) is 0. The van der Waals surface area contributed by atoms with Crippen molar-refractivity contribution in [3.63, 3.8) is 0 Å². The number of rotatable bonds is 3. The molecule has 0 unspecified atom stereocenters. The highest BCUT2D eigenvalue weighted by atomic mass is 19.1. The van der Waals surface area contributed by atoms with E-state index in [1.165, 1.54) is 12.1 Å². The molecule has 1 aromatic heterocycles. The molecule has 3 nitrogen and oxygen atoms in total. The summed E-state index contributed by atoms with van der Waals surface area (Å²) in [6.45, 7) is 6.80. The third-order valence-electron chi connectivity index (χ3n) is 2.50. The fraction of sp³-hybridized carbons (Fsp3) is 0.417. The van der Waals surface area contributed by atoms with Crippen LogP contribution in [0.1, 0.15) is 26.7 Å². The zero-order valence-electron chi connectivity index (χ0n) is 9.67. The largest absolute Gasteiger partial charge is 0.439 e. The van der Waals surface area contributed by atoms with E-state index in [-0.39, 0.29) is 11.4 Å². The zero-order valence-corrected chi connectivity index (χ0v) is 9.67. The lowest BCUT2D eigenvalue weighted by Crippen LogP contribution is -2.36. The number of hydrogen-bond acceptors (Lipinski definition) is 3. The highest BCUT2D eigenvalue weighted by Gasteiger charge is 2.25. The van der Waals surface area contributed by atoms with Gasteiger partial charge >= 0.3 is 0 Å². The highest BCUT2D eigenvalue weighted by Crippen LogP contribution is 2.24. The van der Waals surface area contributed by atoms with Gasteiger partial charge in [-0.3, -0.25) is 0 Å². The average molecular weight is 222 g/mol. The maximum atomic E-state index is 13.0. The Hall–Kier alpha value is -1.42. The average Bonchev–Trinajstić information content (AvgIpc) is 2.61. The second-order valence-electron chi connectivity index (χ2n) is 4.29. The Balaban J connectivity index is 2.46. The third-order valence-corrected chi connectivity index (χ3v) is 2.50. The molecule has 2 aromatic rings. The summed E-state index contributed by atoms with van der Waals surface area (Å²) >= 11 is 0. The van der Waals surface area contributed by atoms with Crippen LogP contribution in [0.4, 0.5) is 4.39 Å². The number of nitrogens with zero attached hydrogens (tertiary/aromatic N) is 1. The molecule has 0 saturated carbocycles. The van der Waals surface area contributed by atoms with Crippen molar-refractivity contribution in [2.24, 2.45) is 0 Å². The van der Waals surface area contributed by atoms with Gasteiger partial charge in [-0.25, -0.2) is 9.37 Å². The molecule has 0 amide bonds. The van der Waals surface area contributed by atoms with E-state index in [2.05, 4.69) is 10.3 Å². The lowest BCUT2D eigenvalue weighted by atomic mass is 10.1. The fourth-order valence-electron chi connectivity index (χ4n) is 1.68. The number of hydrogen-bond donors (Lipinski definition) is 1. The monoisotopic (exact) mass is 222 g/mol. The van der Waals surface area contributed by atoms with Crippen LogP contribution in [0.2, 0.25) is 0 Å². The minimum absolute atomic E-state index is 0.309. The summed E-state index contributed by atoms with van der Waals surface area (Å²) < 4.78 is 18.5. The van der Waals surface area contributed by atoms with Gasteiger partial charge in [0.1, 0.15) is 11.3 Å². The van der Waals surface area contributed by atoms with Gasteiger partial charge in [0.2, 0.25) is 5.89 Å². The minimum Gasteiger partial charge on any atom is -0.439 e. The van der Waals surface area contributed by atoms with Crippen LogP contribution in [0.15, 0.2) is 22.6 Å². The molecule has 1 N–H and O–H groups in total. The molecular weight excluding hydrogens is 207 g/mol. The molecule has 4 heteroatoms. The van der Waals surface area contributed by atoms with Crippen LogP contribution in [0.25, 0.3) is 11.1 Å². The Kier molecular flexibility index (Phi) is 2.68. The molecule has 0 radical (unpaired) electrons. The predicted molar refractivity (Wildman–Crippen MR) is 60.7 cm³/mol. The lowest BCUT2D eigenvalue weighted by molar-refractivity contribution is 0.323. The Bertz CT molecular complexity index is 505. The number of aromatic nitrogens is 1. The van der Waals surface area contributed by atoms with Crippen molar-refractivity contribution in [3.05, 3.63) is 29.9 Å². The van der Waals surface area contributed by atoms with Crippen LogP contribution in [-0.4, -0.2) is 11.5 Å². The summed E-state index contributed by atoms with van der Waals surface area (Å²) in [5, 5.41) is 3.26. The zero-order chi connectivity index (χ0) is 11.8. The van der Waals surface area contributed by atoms with E-state index in [1.54, 1.807) is 6.07 Å². The van der Waals surface area contributed by atoms with Crippen LogP contribution < -0.4 is 5.32 Å². The first-order valence-corrected chi connectivity index (χ1v) is 5.34. The first-order valence-electron chi connectivity index (χ1n) is 5.34. The van der Waals surface area contributed by atoms with Gasteiger partial charge in [-0.1, -0.05) is 6.92 Å². The topological polar surface area (TPSA) is 38.1 Å². The SMILES string of the molecule is CCNC(C)(C)c1nc2ccc(F)cc2o1. The van der Waals surface area contributed by atoms with E-state index in [0.717, 1.165) is 6.54 Å². The van der Waals surface area contributed by atoms with Crippen LogP contribution in [0, 0.1) is 5.82 Å². The van der Waals surface area contributed by atoms with Crippen molar-refractivity contribution in [2.75, 3.05) is 6.54 Å². The smallest absolute Gasteiger partial charge is 0.215 e. The number of fused-ring (bicyclic) bond motifs is 1. The summed E-state index contributed by atoms with van der Waals surface area (Å²) in [6, 6.07) is 4.36. The van der Waals surface area contributed by atoms with Gasteiger partial charge < -0.3 is 9.73 Å². The van der Waals surface area contributed by atoms with Crippen molar-refractivity contribution in [2.45, 2.75) is 26.3 Å². The molecule has 2 rings (SSSR count). The number of halogens is 1. The van der Waals surface area contributed by atoms with Crippen molar-refractivity contribution in [1.29, 1.82) is 0 Å². The molecular formula is C12H15FN2O. The Morgan fingerprint density at radius 3 is 2.88 bits per heavy atom. The number of oxazole rings is 1. The van der Waals surface area contributed by atoms with Gasteiger partial charge in [-0.15, -0.1) is 0 Å². The molecule has 0 fully saturated rings. The van der Waals surface area contributed by atoms with Crippen LogP contribution in [-0.2, 0) is 5.54 Å². The maximum Gasteiger partial charge on any atom is 0.215 e. The predicted octanol–water partition coefficient (Wildman–Crippen LogP) is 2.81. The first-order chi connectivity index (χ1) is 7.53. The molecule has 0 aliphatic rings. The Morgan fingerprint density at radius 1 is 1.44 bits per heavy atom. The van der Waals surface area contributed by atoms with E-state index in [4.69, 9.17) is 4.42 Å². The minimum atomic E-state index is -0.343. The third kappa shape index (κ3) is 1.93. The van der Waals surface area contributed by atoms with Crippen LogP contribution in [0.3, 0.4) is 0 Å². The summed E-state index contributed by atoms with van der Waals surface area (Å²) in [6.07, 6.45) is 0. The molecule has 0 aliphatic carbocycles. The highest BCUT2D eigenvalue weighted by molar-refractivity contribution is 5.72. The second kappa shape index (κ2) is 3.87. The molecule has 0 spiro atoms. The Morgan fingerprint density at radius 2 is 2.19 bits per heavy atom. The van der Waals surface area contributed by atoms with Crippen LogP contribution in [0.5, 0.6) is 0 Å². The number of nitrogens with one attached hydrogen (secondary N) is 1. The number of benzene rings is 1. The standard InChI is InChI=1S/C12H15FN2O/c1-4-14-12(2,3)11-15-9-6-5-8(13)7-10(9)16-11/h5-7,14H,4H2,1-3H3. The van der Waals surface area contributed by atoms with Crippen LogP contribution >= 0.6 is 0 Å². The van der Waals surface area contributed by atoms with E-state index in [1.807, 2.05) is 20.8 Å². The Labute approximate surface area is 93.7 Å². The van der Waals surface area contributed by atoms with E-state index >= 15 is 0 Å². The molecule has 0 bridgehead atoms. The van der Waals surface area contributed by atoms with Crippen molar-refractivity contribution < 1.29 is 8.81 Å².